The monoisotopic (exact) mass is 371 g/mol. The second-order valence-corrected chi connectivity index (χ2v) is 6.83. The average Bonchev–Trinajstić information content (AvgIpc) is 2.71. The molecule has 144 valence electrons. The Morgan fingerprint density at radius 2 is 2.07 bits per heavy atom. The number of aromatic nitrogens is 2. The molecular weight excluding hydrogens is 346 g/mol. The van der Waals surface area contributed by atoms with Crippen molar-refractivity contribution >= 4 is 11.4 Å². The lowest BCUT2D eigenvalue weighted by atomic mass is 10.1. The van der Waals surface area contributed by atoms with Crippen LogP contribution in [-0.4, -0.2) is 60.7 Å². The minimum absolute atomic E-state index is 0.104. The molecule has 1 aromatic heterocycles. The SMILES string of the molecule is Cn1ncc(NCCN2CCN(c3cccc4c3COCO4)CC2)cc1=O. The van der Waals surface area contributed by atoms with Gasteiger partial charge in [0.15, 0.2) is 6.79 Å². The van der Waals surface area contributed by atoms with Crippen LogP contribution in [0.15, 0.2) is 35.3 Å². The van der Waals surface area contributed by atoms with Gasteiger partial charge in [0.25, 0.3) is 5.56 Å². The van der Waals surface area contributed by atoms with Gasteiger partial charge in [-0.3, -0.25) is 9.69 Å². The molecule has 8 nitrogen and oxygen atoms in total. The van der Waals surface area contributed by atoms with Gasteiger partial charge < -0.3 is 19.7 Å². The number of fused-ring (bicyclic) bond motifs is 1. The van der Waals surface area contributed by atoms with Crippen molar-refractivity contribution in [2.24, 2.45) is 7.05 Å². The van der Waals surface area contributed by atoms with Crippen molar-refractivity contribution < 1.29 is 9.47 Å². The summed E-state index contributed by atoms with van der Waals surface area (Å²) < 4.78 is 12.4. The molecule has 27 heavy (non-hydrogen) atoms. The molecule has 0 atom stereocenters. The van der Waals surface area contributed by atoms with Gasteiger partial charge in [0, 0.05) is 63.6 Å². The molecule has 2 aliphatic rings. The van der Waals surface area contributed by atoms with Gasteiger partial charge in [0.2, 0.25) is 0 Å². The van der Waals surface area contributed by atoms with Gasteiger partial charge in [0.05, 0.1) is 18.5 Å². The van der Waals surface area contributed by atoms with Gasteiger partial charge >= 0.3 is 0 Å². The lowest BCUT2D eigenvalue weighted by Crippen LogP contribution is -2.48. The highest BCUT2D eigenvalue weighted by molar-refractivity contribution is 5.59. The third kappa shape index (κ3) is 4.06. The van der Waals surface area contributed by atoms with Crippen LogP contribution >= 0.6 is 0 Å². The van der Waals surface area contributed by atoms with E-state index < -0.39 is 0 Å². The van der Waals surface area contributed by atoms with Gasteiger partial charge in [-0.25, -0.2) is 4.68 Å². The zero-order chi connectivity index (χ0) is 18.6. The molecule has 1 fully saturated rings. The molecule has 0 saturated carbocycles. The zero-order valence-electron chi connectivity index (χ0n) is 15.6. The number of ether oxygens (including phenoxy) is 2. The fraction of sp³-hybridized carbons (Fsp3) is 0.474. The fourth-order valence-corrected chi connectivity index (χ4v) is 3.52. The van der Waals surface area contributed by atoms with Crippen molar-refractivity contribution in [3.8, 4) is 5.75 Å². The molecule has 0 spiro atoms. The van der Waals surface area contributed by atoms with Crippen LogP contribution in [0.5, 0.6) is 5.75 Å². The van der Waals surface area contributed by atoms with Gasteiger partial charge in [-0.2, -0.15) is 5.10 Å². The van der Waals surface area contributed by atoms with Crippen LogP contribution in [0.3, 0.4) is 0 Å². The van der Waals surface area contributed by atoms with E-state index in [1.54, 1.807) is 19.3 Å². The Morgan fingerprint density at radius 3 is 2.89 bits per heavy atom. The summed E-state index contributed by atoms with van der Waals surface area (Å²) in [5.74, 6) is 0.938. The number of nitrogens with zero attached hydrogens (tertiary/aromatic N) is 4. The molecule has 0 bridgehead atoms. The molecule has 3 heterocycles. The molecule has 1 saturated heterocycles. The van der Waals surface area contributed by atoms with E-state index in [0.717, 1.165) is 56.3 Å². The van der Waals surface area contributed by atoms with Crippen molar-refractivity contribution in [1.29, 1.82) is 0 Å². The summed E-state index contributed by atoms with van der Waals surface area (Å²) >= 11 is 0. The van der Waals surface area contributed by atoms with Crippen molar-refractivity contribution in [1.82, 2.24) is 14.7 Å². The number of benzene rings is 1. The molecule has 1 aromatic carbocycles. The highest BCUT2D eigenvalue weighted by atomic mass is 16.7. The van der Waals surface area contributed by atoms with E-state index in [1.165, 1.54) is 10.4 Å². The second kappa shape index (κ2) is 7.98. The number of anilines is 2. The zero-order valence-corrected chi connectivity index (χ0v) is 15.6. The molecule has 1 N–H and O–H groups in total. The Hall–Kier alpha value is -2.58. The maximum atomic E-state index is 11.6. The third-order valence-corrected chi connectivity index (χ3v) is 5.09. The summed E-state index contributed by atoms with van der Waals surface area (Å²) in [7, 11) is 1.65. The van der Waals surface area contributed by atoms with Gasteiger partial charge in [-0.05, 0) is 12.1 Å². The minimum Gasteiger partial charge on any atom is -0.467 e. The lowest BCUT2D eigenvalue weighted by molar-refractivity contribution is -0.0161. The Kier molecular flexibility index (Phi) is 5.26. The van der Waals surface area contributed by atoms with Crippen LogP contribution in [0.25, 0.3) is 0 Å². The predicted molar refractivity (Wildman–Crippen MR) is 103 cm³/mol. The average molecular weight is 371 g/mol. The number of nitrogens with one attached hydrogen (secondary N) is 1. The summed E-state index contributed by atoms with van der Waals surface area (Å²) in [4.78, 5) is 16.4. The van der Waals surface area contributed by atoms with Crippen LogP contribution in [0.1, 0.15) is 5.56 Å². The second-order valence-electron chi connectivity index (χ2n) is 6.83. The molecule has 0 aliphatic carbocycles. The summed E-state index contributed by atoms with van der Waals surface area (Å²) in [6.07, 6.45) is 1.68. The first-order valence-corrected chi connectivity index (χ1v) is 9.28. The molecular formula is C19H25N5O3. The van der Waals surface area contributed by atoms with Crippen LogP contribution in [0.2, 0.25) is 0 Å². The Morgan fingerprint density at radius 1 is 1.22 bits per heavy atom. The van der Waals surface area contributed by atoms with E-state index in [-0.39, 0.29) is 5.56 Å². The summed E-state index contributed by atoms with van der Waals surface area (Å²) in [6, 6.07) is 7.79. The summed E-state index contributed by atoms with van der Waals surface area (Å²) in [5.41, 5.74) is 3.04. The molecule has 0 amide bonds. The lowest BCUT2D eigenvalue weighted by Gasteiger charge is -2.37. The standard InChI is InChI=1S/C19H25N5O3/c1-22-19(25)11-15(12-21-22)20-5-6-23-7-9-24(10-8-23)17-3-2-4-18-16(17)13-26-14-27-18/h2-4,11-12,20H,5-10,13-14H2,1H3. The minimum atomic E-state index is -0.104. The smallest absolute Gasteiger partial charge is 0.268 e. The van der Waals surface area contributed by atoms with Gasteiger partial charge in [0.1, 0.15) is 5.75 Å². The third-order valence-electron chi connectivity index (χ3n) is 5.09. The first-order valence-electron chi connectivity index (χ1n) is 9.28. The van der Waals surface area contributed by atoms with E-state index in [0.29, 0.717) is 13.4 Å². The highest BCUT2D eigenvalue weighted by Crippen LogP contribution is 2.33. The largest absolute Gasteiger partial charge is 0.467 e. The molecule has 4 rings (SSSR count). The first kappa shape index (κ1) is 17.8. The molecule has 2 aromatic rings. The Bertz CT molecular complexity index is 845. The Labute approximate surface area is 158 Å². The van der Waals surface area contributed by atoms with Crippen molar-refractivity contribution in [2.75, 3.05) is 56.3 Å². The number of hydrogen-bond acceptors (Lipinski definition) is 7. The summed E-state index contributed by atoms with van der Waals surface area (Å²) in [6.45, 7) is 6.62. The van der Waals surface area contributed by atoms with E-state index in [1.807, 2.05) is 12.1 Å². The van der Waals surface area contributed by atoms with Crippen LogP contribution in [0, 0.1) is 0 Å². The van der Waals surface area contributed by atoms with Crippen molar-refractivity contribution in [2.45, 2.75) is 6.61 Å². The Balaban J connectivity index is 1.28. The molecule has 0 unspecified atom stereocenters. The number of piperazine rings is 1. The van der Waals surface area contributed by atoms with Crippen LogP contribution < -0.4 is 20.5 Å². The predicted octanol–water partition coefficient (Wildman–Crippen LogP) is 0.881. The van der Waals surface area contributed by atoms with E-state index in [2.05, 4.69) is 26.3 Å². The maximum Gasteiger partial charge on any atom is 0.268 e. The molecule has 8 heteroatoms. The van der Waals surface area contributed by atoms with Gasteiger partial charge in [-0.15, -0.1) is 0 Å². The fourth-order valence-electron chi connectivity index (χ4n) is 3.52. The maximum absolute atomic E-state index is 11.6. The normalized spacial score (nSPS) is 17.3. The quantitative estimate of drug-likeness (QED) is 0.837. The van der Waals surface area contributed by atoms with Crippen molar-refractivity contribution in [3.63, 3.8) is 0 Å². The first-order chi connectivity index (χ1) is 13.2. The van der Waals surface area contributed by atoms with E-state index >= 15 is 0 Å². The molecule has 2 aliphatic heterocycles. The summed E-state index contributed by atoms with van der Waals surface area (Å²) in [5, 5.41) is 7.30. The van der Waals surface area contributed by atoms with Crippen LogP contribution in [0.4, 0.5) is 11.4 Å². The number of aryl methyl sites for hydroxylation is 1. The van der Waals surface area contributed by atoms with Gasteiger partial charge in [-0.1, -0.05) is 6.07 Å². The van der Waals surface area contributed by atoms with E-state index in [4.69, 9.17) is 9.47 Å². The van der Waals surface area contributed by atoms with Crippen LogP contribution in [-0.2, 0) is 18.4 Å². The number of rotatable bonds is 5. The van der Waals surface area contributed by atoms with E-state index in [9.17, 15) is 4.79 Å². The molecule has 0 radical (unpaired) electrons. The van der Waals surface area contributed by atoms with Crippen molar-refractivity contribution in [3.05, 3.63) is 46.4 Å². The number of hydrogen-bond donors (Lipinski definition) is 1. The topological polar surface area (TPSA) is 71.9 Å². The highest BCUT2D eigenvalue weighted by Gasteiger charge is 2.22.